The number of benzene rings is 1. The molecule has 1 aromatic carbocycles. The summed E-state index contributed by atoms with van der Waals surface area (Å²) in [5.41, 5.74) is 0.886. The third kappa shape index (κ3) is 3.08. The first-order valence-corrected chi connectivity index (χ1v) is 8.55. The molecule has 0 bridgehead atoms. The molecule has 3 rings (SSSR count). The normalized spacial score (nSPS) is 27.3. The number of anilines is 1. The molecule has 0 amide bonds. The molecule has 3 atom stereocenters. The second-order valence-electron chi connectivity index (χ2n) is 6.64. The predicted octanol–water partition coefficient (Wildman–Crippen LogP) is 5.40. The van der Waals surface area contributed by atoms with E-state index in [-0.39, 0.29) is 18.1 Å². The topological polar surface area (TPSA) is 21.3 Å². The van der Waals surface area contributed by atoms with Crippen molar-refractivity contribution in [3.63, 3.8) is 0 Å². The van der Waals surface area contributed by atoms with E-state index in [9.17, 15) is 13.2 Å². The summed E-state index contributed by atoms with van der Waals surface area (Å²) in [7, 11) is 0. The van der Waals surface area contributed by atoms with Gasteiger partial charge in [0.05, 0.1) is 11.7 Å². The van der Waals surface area contributed by atoms with Gasteiger partial charge in [-0.25, -0.2) is 0 Å². The fourth-order valence-electron chi connectivity index (χ4n) is 4.15. The Morgan fingerprint density at radius 2 is 2.00 bits per heavy atom. The average Bonchev–Trinajstić information content (AvgIpc) is 2.54. The standard InChI is InChI=1S/C18H24F3NO/c1-3-11(4-2)16-13-6-5-9-23-17(13)14-10-12(18(19,20)21)7-8-15(14)22-16/h7-8,10-11,13,16-17,22H,3-6,9H2,1-2H3/t13-,16-,17-/m0/s1. The maximum absolute atomic E-state index is 13.0. The first kappa shape index (κ1) is 16.6. The second kappa shape index (κ2) is 6.34. The van der Waals surface area contributed by atoms with Gasteiger partial charge in [0.1, 0.15) is 0 Å². The number of fused-ring (bicyclic) bond motifs is 3. The average molecular weight is 327 g/mol. The number of ether oxygens (including phenoxy) is 1. The van der Waals surface area contributed by atoms with Crippen molar-refractivity contribution >= 4 is 5.69 Å². The van der Waals surface area contributed by atoms with Crippen molar-refractivity contribution in [1.82, 2.24) is 0 Å². The number of hydrogen-bond donors (Lipinski definition) is 1. The van der Waals surface area contributed by atoms with Crippen LogP contribution in [0.1, 0.15) is 56.8 Å². The zero-order valence-electron chi connectivity index (χ0n) is 13.6. The molecule has 2 aliphatic rings. The highest BCUT2D eigenvalue weighted by Gasteiger charge is 2.42. The van der Waals surface area contributed by atoms with E-state index in [0.717, 1.165) is 31.4 Å². The Morgan fingerprint density at radius 3 is 2.65 bits per heavy atom. The van der Waals surface area contributed by atoms with Gasteiger partial charge in [-0.3, -0.25) is 0 Å². The van der Waals surface area contributed by atoms with E-state index in [1.54, 1.807) is 6.07 Å². The first-order chi connectivity index (χ1) is 11.0. The van der Waals surface area contributed by atoms with Crippen LogP contribution in [0.4, 0.5) is 18.9 Å². The van der Waals surface area contributed by atoms with Gasteiger partial charge in [0.25, 0.3) is 0 Å². The maximum Gasteiger partial charge on any atom is 0.416 e. The van der Waals surface area contributed by atoms with Crippen molar-refractivity contribution in [3.05, 3.63) is 29.3 Å². The molecule has 0 spiro atoms. The molecule has 1 saturated heterocycles. The first-order valence-electron chi connectivity index (χ1n) is 8.55. The van der Waals surface area contributed by atoms with Crippen LogP contribution in [0, 0.1) is 11.8 Å². The molecule has 128 valence electrons. The Bertz CT molecular complexity index is 554. The Balaban J connectivity index is 2.00. The van der Waals surface area contributed by atoms with Gasteiger partial charge in [-0.1, -0.05) is 26.7 Å². The Morgan fingerprint density at radius 1 is 1.26 bits per heavy atom. The summed E-state index contributed by atoms with van der Waals surface area (Å²) in [6, 6.07) is 4.29. The van der Waals surface area contributed by atoms with Gasteiger partial charge in [0, 0.05) is 29.8 Å². The van der Waals surface area contributed by atoms with Crippen molar-refractivity contribution in [2.45, 2.75) is 57.9 Å². The van der Waals surface area contributed by atoms with Gasteiger partial charge < -0.3 is 10.1 Å². The third-order valence-corrected chi connectivity index (χ3v) is 5.39. The van der Waals surface area contributed by atoms with Crippen LogP contribution in [0.3, 0.4) is 0 Å². The molecular weight excluding hydrogens is 303 g/mol. The van der Waals surface area contributed by atoms with E-state index in [0.29, 0.717) is 18.1 Å². The lowest BCUT2D eigenvalue weighted by Crippen LogP contribution is -2.45. The minimum atomic E-state index is -4.31. The monoisotopic (exact) mass is 327 g/mol. The van der Waals surface area contributed by atoms with Crippen molar-refractivity contribution in [3.8, 4) is 0 Å². The molecule has 2 aliphatic heterocycles. The Labute approximate surface area is 135 Å². The highest BCUT2D eigenvalue weighted by Crippen LogP contribution is 2.47. The van der Waals surface area contributed by atoms with Crippen LogP contribution in [-0.2, 0) is 10.9 Å². The SMILES string of the molecule is CCC(CC)[C@@H]1Nc2ccc(C(F)(F)F)cc2[C@H]2OCCC[C@H]21. The summed E-state index contributed by atoms with van der Waals surface area (Å²) in [5.74, 6) is 0.768. The largest absolute Gasteiger partial charge is 0.416 e. The fraction of sp³-hybridized carbons (Fsp3) is 0.667. The number of nitrogens with one attached hydrogen (secondary N) is 1. The number of alkyl halides is 3. The zero-order chi connectivity index (χ0) is 16.6. The van der Waals surface area contributed by atoms with Gasteiger partial charge in [0.15, 0.2) is 0 Å². The summed E-state index contributed by atoms with van der Waals surface area (Å²) in [5, 5.41) is 3.53. The van der Waals surface area contributed by atoms with Crippen LogP contribution in [-0.4, -0.2) is 12.6 Å². The molecule has 1 fully saturated rings. The van der Waals surface area contributed by atoms with Crippen molar-refractivity contribution in [1.29, 1.82) is 0 Å². The van der Waals surface area contributed by atoms with E-state index in [2.05, 4.69) is 19.2 Å². The summed E-state index contributed by atoms with van der Waals surface area (Å²) < 4.78 is 45.0. The molecule has 23 heavy (non-hydrogen) atoms. The summed E-state index contributed by atoms with van der Waals surface area (Å²) in [4.78, 5) is 0. The van der Waals surface area contributed by atoms with Gasteiger partial charge in [-0.2, -0.15) is 13.2 Å². The molecule has 2 heterocycles. The lowest BCUT2D eigenvalue weighted by Gasteiger charge is -2.46. The Kier molecular flexibility index (Phi) is 4.59. The van der Waals surface area contributed by atoms with Crippen LogP contribution in [0.15, 0.2) is 18.2 Å². The minimum absolute atomic E-state index is 0.215. The van der Waals surface area contributed by atoms with Crippen LogP contribution in [0.25, 0.3) is 0 Å². The Hall–Kier alpha value is -1.23. The smallest absolute Gasteiger partial charge is 0.381 e. The van der Waals surface area contributed by atoms with Crippen LogP contribution >= 0.6 is 0 Å². The number of hydrogen-bond acceptors (Lipinski definition) is 2. The van der Waals surface area contributed by atoms with Crippen LogP contribution in [0.2, 0.25) is 0 Å². The minimum Gasteiger partial charge on any atom is -0.381 e. The second-order valence-corrected chi connectivity index (χ2v) is 6.64. The van der Waals surface area contributed by atoms with Crippen molar-refractivity contribution < 1.29 is 17.9 Å². The molecular formula is C18H24F3NO. The summed E-state index contributed by atoms with van der Waals surface area (Å²) >= 11 is 0. The fourth-order valence-corrected chi connectivity index (χ4v) is 4.15. The van der Waals surface area contributed by atoms with Crippen molar-refractivity contribution in [2.75, 3.05) is 11.9 Å². The highest BCUT2D eigenvalue weighted by atomic mass is 19.4. The highest BCUT2D eigenvalue weighted by molar-refractivity contribution is 5.57. The lowest BCUT2D eigenvalue weighted by atomic mass is 9.73. The van der Waals surface area contributed by atoms with Gasteiger partial charge >= 0.3 is 6.18 Å². The van der Waals surface area contributed by atoms with Crippen LogP contribution in [0.5, 0.6) is 0 Å². The van der Waals surface area contributed by atoms with Gasteiger partial charge in [-0.05, 0) is 37.0 Å². The molecule has 2 nitrogen and oxygen atoms in total. The van der Waals surface area contributed by atoms with E-state index in [1.165, 1.54) is 12.1 Å². The molecule has 0 saturated carbocycles. The van der Waals surface area contributed by atoms with E-state index >= 15 is 0 Å². The molecule has 0 aromatic heterocycles. The predicted molar refractivity (Wildman–Crippen MR) is 84.3 cm³/mol. The maximum atomic E-state index is 13.0. The van der Waals surface area contributed by atoms with E-state index in [1.807, 2.05) is 0 Å². The number of rotatable bonds is 3. The van der Waals surface area contributed by atoms with E-state index in [4.69, 9.17) is 4.74 Å². The molecule has 0 radical (unpaired) electrons. The molecule has 0 aliphatic carbocycles. The summed E-state index contributed by atoms with van der Waals surface area (Å²) in [6.45, 7) is 4.99. The van der Waals surface area contributed by atoms with Gasteiger partial charge in [-0.15, -0.1) is 0 Å². The van der Waals surface area contributed by atoms with Gasteiger partial charge in [0.2, 0.25) is 0 Å². The molecule has 0 unspecified atom stereocenters. The quantitative estimate of drug-likeness (QED) is 0.802. The summed E-state index contributed by atoms with van der Waals surface area (Å²) in [6.07, 6.45) is -0.415. The molecule has 1 N–H and O–H groups in total. The lowest BCUT2D eigenvalue weighted by molar-refractivity contribution is -0.137. The zero-order valence-corrected chi connectivity index (χ0v) is 13.6. The molecule has 5 heteroatoms. The third-order valence-electron chi connectivity index (χ3n) is 5.39. The van der Waals surface area contributed by atoms with E-state index < -0.39 is 11.7 Å². The van der Waals surface area contributed by atoms with Crippen LogP contribution < -0.4 is 5.32 Å². The molecule has 1 aromatic rings. The van der Waals surface area contributed by atoms with Crippen molar-refractivity contribution in [2.24, 2.45) is 11.8 Å². The number of halogens is 3.